The molecule has 0 radical (unpaired) electrons. The van der Waals surface area contributed by atoms with E-state index in [2.05, 4.69) is 0 Å². The average Bonchev–Trinajstić information content (AvgIpc) is 2.38. The molecule has 0 aromatic heterocycles. The molecule has 1 N–H and O–H groups in total. The highest BCUT2D eigenvalue weighted by molar-refractivity contribution is 5.76. The monoisotopic (exact) mass is 283 g/mol. The summed E-state index contributed by atoms with van der Waals surface area (Å²) in [5, 5.41) is 9.20. The number of amides is 1. The van der Waals surface area contributed by atoms with Gasteiger partial charge in [-0.05, 0) is 42.9 Å². The SMILES string of the molecule is CN(CC1CC(O)C1)C(=O)CCc1ccc(F)c(F)c1. The van der Waals surface area contributed by atoms with Crippen LogP contribution in [0.2, 0.25) is 0 Å². The van der Waals surface area contributed by atoms with E-state index in [-0.39, 0.29) is 18.4 Å². The minimum Gasteiger partial charge on any atom is -0.393 e. The van der Waals surface area contributed by atoms with Crippen molar-refractivity contribution in [1.29, 1.82) is 0 Å². The standard InChI is InChI=1S/C15H19F2NO2/c1-18(9-11-6-12(19)7-11)15(20)5-3-10-2-4-13(16)14(17)8-10/h2,4,8,11-12,19H,3,5-7,9H2,1H3. The maximum atomic E-state index is 13.0. The zero-order valence-electron chi connectivity index (χ0n) is 11.5. The summed E-state index contributed by atoms with van der Waals surface area (Å²) < 4.78 is 25.8. The third-order valence-corrected chi connectivity index (χ3v) is 3.78. The van der Waals surface area contributed by atoms with Crippen molar-refractivity contribution >= 4 is 5.91 Å². The summed E-state index contributed by atoms with van der Waals surface area (Å²) in [5.74, 6) is -1.40. The number of nitrogens with zero attached hydrogens (tertiary/aromatic N) is 1. The Bertz CT molecular complexity index is 487. The molecule has 0 aliphatic heterocycles. The minimum absolute atomic E-state index is 0.0175. The molecule has 0 spiro atoms. The summed E-state index contributed by atoms with van der Waals surface area (Å²) in [5.41, 5.74) is 0.615. The number of carbonyl (C=O) groups excluding carboxylic acids is 1. The first-order chi connectivity index (χ1) is 9.45. The Labute approximate surface area is 117 Å². The Morgan fingerprint density at radius 3 is 2.65 bits per heavy atom. The second-order valence-electron chi connectivity index (χ2n) is 5.51. The lowest BCUT2D eigenvalue weighted by Crippen LogP contribution is -2.39. The lowest BCUT2D eigenvalue weighted by Gasteiger charge is -2.34. The summed E-state index contributed by atoms with van der Waals surface area (Å²) in [6.07, 6.45) is 1.96. The molecule has 0 heterocycles. The second kappa shape index (κ2) is 6.31. The summed E-state index contributed by atoms with van der Waals surface area (Å²) in [6.45, 7) is 0.647. The smallest absolute Gasteiger partial charge is 0.222 e. The lowest BCUT2D eigenvalue weighted by atomic mass is 9.82. The van der Waals surface area contributed by atoms with E-state index in [9.17, 15) is 18.7 Å². The maximum Gasteiger partial charge on any atom is 0.222 e. The molecule has 0 bridgehead atoms. The summed E-state index contributed by atoms with van der Waals surface area (Å²) in [7, 11) is 1.73. The molecule has 1 aromatic rings. The number of carbonyl (C=O) groups is 1. The number of benzene rings is 1. The van der Waals surface area contributed by atoms with Gasteiger partial charge in [-0.15, -0.1) is 0 Å². The Balaban J connectivity index is 1.77. The largest absolute Gasteiger partial charge is 0.393 e. The molecule has 1 fully saturated rings. The summed E-state index contributed by atoms with van der Waals surface area (Å²) >= 11 is 0. The van der Waals surface area contributed by atoms with Crippen molar-refractivity contribution in [3.8, 4) is 0 Å². The summed E-state index contributed by atoms with van der Waals surface area (Å²) in [6, 6.07) is 3.70. The molecule has 20 heavy (non-hydrogen) atoms. The van der Waals surface area contributed by atoms with Crippen LogP contribution in [0.25, 0.3) is 0 Å². The van der Waals surface area contributed by atoms with E-state index in [1.165, 1.54) is 6.07 Å². The van der Waals surface area contributed by atoms with Gasteiger partial charge in [0.1, 0.15) is 0 Å². The first kappa shape index (κ1) is 14.9. The highest BCUT2D eigenvalue weighted by Gasteiger charge is 2.28. The Hall–Kier alpha value is -1.49. The molecule has 2 rings (SSSR count). The van der Waals surface area contributed by atoms with E-state index >= 15 is 0 Å². The minimum atomic E-state index is -0.883. The number of aliphatic hydroxyl groups is 1. The van der Waals surface area contributed by atoms with Crippen LogP contribution < -0.4 is 0 Å². The van der Waals surface area contributed by atoms with Crippen molar-refractivity contribution in [3.63, 3.8) is 0 Å². The zero-order valence-corrected chi connectivity index (χ0v) is 11.5. The Morgan fingerprint density at radius 1 is 1.35 bits per heavy atom. The topological polar surface area (TPSA) is 40.5 Å². The molecule has 1 amide bonds. The van der Waals surface area contributed by atoms with Crippen LogP contribution in [0.3, 0.4) is 0 Å². The van der Waals surface area contributed by atoms with Crippen molar-refractivity contribution in [3.05, 3.63) is 35.4 Å². The van der Waals surface area contributed by atoms with Gasteiger partial charge in [-0.2, -0.15) is 0 Å². The first-order valence-corrected chi connectivity index (χ1v) is 6.81. The third kappa shape index (κ3) is 3.76. The highest BCUT2D eigenvalue weighted by atomic mass is 19.2. The molecule has 0 unspecified atom stereocenters. The fourth-order valence-corrected chi connectivity index (χ4v) is 2.48. The van der Waals surface area contributed by atoms with Crippen molar-refractivity contribution in [2.24, 2.45) is 5.92 Å². The molecule has 1 aliphatic rings. The first-order valence-electron chi connectivity index (χ1n) is 6.81. The maximum absolute atomic E-state index is 13.0. The molecule has 1 aromatic carbocycles. The van der Waals surface area contributed by atoms with Crippen LogP contribution in [0.4, 0.5) is 8.78 Å². The predicted molar refractivity (Wildman–Crippen MR) is 71.0 cm³/mol. The highest BCUT2D eigenvalue weighted by Crippen LogP contribution is 2.27. The van der Waals surface area contributed by atoms with E-state index in [1.54, 1.807) is 11.9 Å². The van der Waals surface area contributed by atoms with Gasteiger partial charge in [0.2, 0.25) is 5.91 Å². The van der Waals surface area contributed by atoms with Crippen LogP contribution in [0, 0.1) is 17.6 Å². The molecule has 110 valence electrons. The molecular weight excluding hydrogens is 264 g/mol. The fourth-order valence-electron chi connectivity index (χ4n) is 2.48. The van der Waals surface area contributed by atoms with Gasteiger partial charge >= 0.3 is 0 Å². The van der Waals surface area contributed by atoms with Crippen LogP contribution >= 0.6 is 0 Å². The molecule has 5 heteroatoms. The van der Waals surface area contributed by atoms with E-state index in [0.29, 0.717) is 24.4 Å². The van der Waals surface area contributed by atoms with Gasteiger partial charge in [-0.1, -0.05) is 6.07 Å². The zero-order chi connectivity index (χ0) is 14.7. The molecule has 3 nitrogen and oxygen atoms in total. The van der Waals surface area contributed by atoms with Gasteiger partial charge in [-0.3, -0.25) is 4.79 Å². The number of halogens is 2. The lowest BCUT2D eigenvalue weighted by molar-refractivity contribution is -0.131. The van der Waals surface area contributed by atoms with Crippen LogP contribution in [0.15, 0.2) is 18.2 Å². The number of aryl methyl sites for hydroxylation is 1. The van der Waals surface area contributed by atoms with E-state index in [1.807, 2.05) is 0 Å². The van der Waals surface area contributed by atoms with Crippen molar-refractivity contribution in [2.45, 2.75) is 31.8 Å². The normalized spacial score (nSPS) is 21.4. The van der Waals surface area contributed by atoms with E-state index in [4.69, 9.17) is 0 Å². The predicted octanol–water partition coefficient (Wildman–Crippen LogP) is 2.13. The van der Waals surface area contributed by atoms with Crippen LogP contribution in [0.5, 0.6) is 0 Å². The third-order valence-electron chi connectivity index (χ3n) is 3.78. The molecular formula is C15H19F2NO2. The van der Waals surface area contributed by atoms with Gasteiger partial charge in [0.05, 0.1) is 6.10 Å². The Kier molecular flexibility index (Phi) is 4.70. The number of hydrogen-bond acceptors (Lipinski definition) is 2. The van der Waals surface area contributed by atoms with Crippen molar-refractivity contribution in [1.82, 2.24) is 4.90 Å². The van der Waals surface area contributed by atoms with E-state index < -0.39 is 11.6 Å². The van der Waals surface area contributed by atoms with E-state index in [0.717, 1.165) is 25.0 Å². The van der Waals surface area contributed by atoms with Crippen molar-refractivity contribution < 1.29 is 18.7 Å². The summed E-state index contributed by atoms with van der Waals surface area (Å²) in [4.78, 5) is 13.6. The van der Waals surface area contributed by atoms with Crippen LogP contribution in [-0.4, -0.2) is 35.6 Å². The molecule has 1 aliphatic carbocycles. The quantitative estimate of drug-likeness (QED) is 0.899. The van der Waals surface area contributed by atoms with Gasteiger partial charge < -0.3 is 10.0 Å². The number of hydrogen-bond donors (Lipinski definition) is 1. The molecule has 0 saturated heterocycles. The van der Waals surface area contributed by atoms with Gasteiger partial charge in [0, 0.05) is 20.0 Å². The van der Waals surface area contributed by atoms with Crippen molar-refractivity contribution in [2.75, 3.05) is 13.6 Å². The average molecular weight is 283 g/mol. The van der Waals surface area contributed by atoms with Crippen LogP contribution in [0.1, 0.15) is 24.8 Å². The Morgan fingerprint density at radius 2 is 2.05 bits per heavy atom. The van der Waals surface area contributed by atoms with Crippen LogP contribution in [-0.2, 0) is 11.2 Å². The fraction of sp³-hybridized carbons (Fsp3) is 0.533. The number of rotatable bonds is 5. The molecule has 1 saturated carbocycles. The van der Waals surface area contributed by atoms with Gasteiger partial charge in [0.25, 0.3) is 0 Å². The van der Waals surface area contributed by atoms with Gasteiger partial charge in [0.15, 0.2) is 11.6 Å². The molecule has 0 atom stereocenters. The number of aliphatic hydroxyl groups excluding tert-OH is 1. The van der Waals surface area contributed by atoms with Gasteiger partial charge in [-0.25, -0.2) is 8.78 Å². The second-order valence-corrected chi connectivity index (χ2v) is 5.51.